The van der Waals surface area contributed by atoms with E-state index < -0.39 is 0 Å². The summed E-state index contributed by atoms with van der Waals surface area (Å²) in [5.41, 5.74) is 1.97. The van der Waals surface area contributed by atoms with E-state index >= 15 is 0 Å². The van der Waals surface area contributed by atoms with Crippen molar-refractivity contribution in [3.63, 3.8) is 0 Å². The summed E-state index contributed by atoms with van der Waals surface area (Å²) < 4.78 is 6.01. The molecule has 1 saturated heterocycles. The number of nitrogens with zero attached hydrogens (tertiary/aromatic N) is 1. The van der Waals surface area contributed by atoms with Gasteiger partial charge >= 0.3 is 0 Å². The topological polar surface area (TPSA) is 29.5 Å². The van der Waals surface area contributed by atoms with Crippen molar-refractivity contribution in [2.75, 3.05) is 17.2 Å². The third-order valence-electron chi connectivity index (χ3n) is 3.84. The van der Waals surface area contributed by atoms with Gasteiger partial charge in [0.2, 0.25) is 5.91 Å². The third-order valence-corrected chi connectivity index (χ3v) is 4.35. The molecule has 1 atom stereocenters. The fraction of sp³-hybridized carbons (Fsp3) is 0.278. The molecule has 0 saturated carbocycles. The first-order valence-electron chi connectivity index (χ1n) is 7.42. The van der Waals surface area contributed by atoms with Gasteiger partial charge in [0.15, 0.2) is 5.75 Å². The minimum atomic E-state index is 0.138. The average molecular weight is 313 g/mol. The molecule has 1 fully saturated rings. The molecule has 3 nitrogen and oxygen atoms in total. The van der Waals surface area contributed by atoms with Crippen molar-refractivity contribution in [3.8, 4) is 11.5 Å². The number of para-hydroxylation sites is 2. The van der Waals surface area contributed by atoms with Crippen LogP contribution in [0.5, 0.6) is 11.5 Å². The van der Waals surface area contributed by atoms with Crippen molar-refractivity contribution in [2.24, 2.45) is 5.92 Å². The van der Waals surface area contributed by atoms with Crippen molar-refractivity contribution in [1.29, 1.82) is 0 Å². The second-order valence-electron chi connectivity index (χ2n) is 5.64. The van der Waals surface area contributed by atoms with Gasteiger partial charge in [0, 0.05) is 13.0 Å². The monoisotopic (exact) mass is 313 g/mol. The number of carbonyl (C=O) groups excluding carboxylic acids is 1. The summed E-state index contributed by atoms with van der Waals surface area (Å²) in [4.78, 5) is 14.1. The molecule has 0 radical (unpaired) electrons. The van der Waals surface area contributed by atoms with E-state index in [4.69, 9.17) is 4.74 Å². The summed E-state index contributed by atoms with van der Waals surface area (Å²) in [5.74, 6) is 2.66. The highest BCUT2D eigenvalue weighted by atomic mass is 32.1. The van der Waals surface area contributed by atoms with E-state index in [1.165, 1.54) is 0 Å². The number of thiol groups is 1. The second-order valence-corrected chi connectivity index (χ2v) is 6.01. The van der Waals surface area contributed by atoms with Crippen LogP contribution in [-0.2, 0) is 4.79 Å². The van der Waals surface area contributed by atoms with Crippen LogP contribution in [0.15, 0.2) is 48.5 Å². The Morgan fingerprint density at radius 1 is 1.23 bits per heavy atom. The van der Waals surface area contributed by atoms with Crippen molar-refractivity contribution in [1.82, 2.24) is 0 Å². The van der Waals surface area contributed by atoms with Gasteiger partial charge in [0.25, 0.3) is 0 Å². The normalized spacial score (nSPS) is 17.8. The van der Waals surface area contributed by atoms with Crippen molar-refractivity contribution in [3.05, 3.63) is 54.1 Å². The van der Waals surface area contributed by atoms with Gasteiger partial charge in [0.05, 0.1) is 5.69 Å². The molecule has 1 unspecified atom stereocenters. The molecule has 4 heteroatoms. The number of benzene rings is 2. The minimum Gasteiger partial charge on any atom is -0.455 e. The van der Waals surface area contributed by atoms with Gasteiger partial charge in [-0.15, -0.1) is 0 Å². The summed E-state index contributed by atoms with van der Waals surface area (Å²) in [7, 11) is 0. The highest BCUT2D eigenvalue weighted by molar-refractivity contribution is 7.80. The van der Waals surface area contributed by atoms with Crippen molar-refractivity contribution < 1.29 is 9.53 Å². The summed E-state index contributed by atoms with van der Waals surface area (Å²) >= 11 is 4.32. The number of carbonyl (C=O) groups is 1. The Balaban J connectivity index is 1.89. The fourth-order valence-electron chi connectivity index (χ4n) is 2.71. The summed E-state index contributed by atoms with van der Waals surface area (Å²) in [6.07, 6.45) is 0.558. The molecule has 2 aromatic carbocycles. The highest BCUT2D eigenvalue weighted by Gasteiger charge is 2.31. The Hall–Kier alpha value is -1.94. The van der Waals surface area contributed by atoms with E-state index in [1.807, 2.05) is 60.4 Å². The van der Waals surface area contributed by atoms with Gasteiger partial charge in [0.1, 0.15) is 5.75 Å². The van der Waals surface area contributed by atoms with Gasteiger partial charge in [-0.1, -0.05) is 24.3 Å². The zero-order valence-electron chi connectivity index (χ0n) is 12.5. The molecule has 114 valence electrons. The molecule has 0 N–H and O–H groups in total. The van der Waals surface area contributed by atoms with E-state index in [0.29, 0.717) is 24.6 Å². The Morgan fingerprint density at radius 3 is 2.77 bits per heavy atom. The quantitative estimate of drug-likeness (QED) is 0.862. The number of hydrogen-bond acceptors (Lipinski definition) is 3. The lowest BCUT2D eigenvalue weighted by Crippen LogP contribution is -2.25. The largest absolute Gasteiger partial charge is 0.455 e. The molecule has 0 bridgehead atoms. The Bertz CT molecular complexity index is 686. The van der Waals surface area contributed by atoms with Gasteiger partial charge in [-0.3, -0.25) is 4.79 Å². The van der Waals surface area contributed by atoms with Crippen LogP contribution in [0.1, 0.15) is 12.0 Å². The van der Waals surface area contributed by atoms with Crippen LogP contribution >= 0.6 is 12.6 Å². The Kier molecular flexibility index (Phi) is 4.39. The maximum absolute atomic E-state index is 12.2. The second kappa shape index (κ2) is 6.44. The Morgan fingerprint density at radius 2 is 2.05 bits per heavy atom. The number of amides is 1. The summed E-state index contributed by atoms with van der Waals surface area (Å²) in [6.45, 7) is 2.73. The van der Waals surface area contributed by atoms with Crippen molar-refractivity contribution in [2.45, 2.75) is 13.3 Å². The Labute approximate surface area is 136 Å². The molecular weight excluding hydrogens is 294 g/mol. The predicted molar refractivity (Wildman–Crippen MR) is 92.0 cm³/mol. The molecule has 3 rings (SSSR count). The minimum absolute atomic E-state index is 0.138. The van der Waals surface area contributed by atoms with Crippen LogP contribution in [0.25, 0.3) is 0 Å². The fourth-order valence-corrected chi connectivity index (χ4v) is 2.95. The molecule has 0 aromatic heterocycles. The van der Waals surface area contributed by atoms with Crippen molar-refractivity contribution >= 4 is 24.2 Å². The van der Waals surface area contributed by atoms with Crippen LogP contribution in [0.4, 0.5) is 5.69 Å². The van der Waals surface area contributed by atoms with E-state index in [-0.39, 0.29) is 5.91 Å². The maximum Gasteiger partial charge on any atom is 0.227 e. The third kappa shape index (κ3) is 3.12. The van der Waals surface area contributed by atoms with E-state index in [0.717, 1.165) is 22.8 Å². The van der Waals surface area contributed by atoms with Crippen LogP contribution < -0.4 is 9.64 Å². The van der Waals surface area contributed by atoms with Crippen LogP contribution in [0.3, 0.4) is 0 Å². The number of anilines is 1. The lowest BCUT2D eigenvalue weighted by molar-refractivity contribution is -0.117. The first kappa shape index (κ1) is 15.0. The number of aryl methyl sites for hydroxylation is 1. The average Bonchev–Trinajstić information content (AvgIpc) is 2.89. The van der Waals surface area contributed by atoms with Gasteiger partial charge in [-0.25, -0.2) is 0 Å². The molecule has 0 aliphatic carbocycles. The van der Waals surface area contributed by atoms with E-state index in [1.54, 1.807) is 0 Å². The van der Waals surface area contributed by atoms with Gasteiger partial charge in [-0.2, -0.15) is 12.6 Å². The summed E-state index contributed by atoms with van der Waals surface area (Å²) in [6, 6.07) is 15.6. The lowest BCUT2D eigenvalue weighted by atomic mass is 10.1. The first-order chi connectivity index (χ1) is 10.7. The van der Waals surface area contributed by atoms with Crippen LogP contribution in [0.2, 0.25) is 0 Å². The van der Waals surface area contributed by atoms with Crippen LogP contribution in [0, 0.1) is 12.8 Å². The summed E-state index contributed by atoms with van der Waals surface area (Å²) in [5, 5.41) is 0. The number of hydrogen-bond donors (Lipinski definition) is 1. The molecule has 1 aliphatic rings. The molecule has 1 aliphatic heterocycles. The first-order valence-corrected chi connectivity index (χ1v) is 8.05. The highest BCUT2D eigenvalue weighted by Crippen LogP contribution is 2.35. The molecule has 1 heterocycles. The lowest BCUT2D eigenvalue weighted by Gasteiger charge is -2.20. The van der Waals surface area contributed by atoms with Gasteiger partial charge in [-0.05, 0) is 48.4 Å². The SMILES string of the molecule is Cc1cccc(Oc2ccccc2N2CC(CS)CC2=O)c1. The zero-order chi connectivity index (χ0) is 15.5. The molecule has 22 heavy (non-hydrogen) atoms. The standard InChI is InChI=1S/C18H19NO2S/c1-13-5-4-6-15(9-13)21-17-8-3-2-7-16(17)19-11-14(12-22)10-18(19)20/h2-9,14,22H,10-12H2,1H3. The zero-order valence-corrected chi connectivity index (χ0v) is 13.4. The maximum atomic E-state index is 12.2. The molecule has 1 amide bonds. The van der Waals surface area contributed by atoms with Crippen LogP contribution in [-0.4, -0.2) is 18.2 Å². The smallest absolute Gasteiger partial charge is 0.227 e. The van der Waals surface area contributed by atoms with E-state index in [9.17, 15) is 4.79 Å². The molecule has 2 aromatic rings. The van der Waals surface area contributed by atoms with E-state index in [2.05, 4.69) is 12.6 Å². The number of rotatable bonds is 4. The molecular formula is C18H19NO2S. The molecule has 0 spiro atoms. The number of ether oxygens (including phenoxy) is 1. The predicted octanol–water partition coefficient (Wildman–Crippen LogP) is 4.07. The van der Waals surface area contributed by atoms with Gasteiger partial charge < -0.3 is 9.64 Å².